The average molecular weight is 249 g/mol. The molecule has 2 rings (SSSR count). The minimum absolute atomic E-state index is 0.138. The highest BCUT2D eigenvalue weighted by molar-refractivity contribution is 5.87. The van der Waals surface area contributed by atoms with E-state index >= 15 is 0 Å². The summed E-state index contributed by atoms with van der Waals surface area (Å²) in [6, 6.07) is 5.92. The van der Waals surface area contributed by atoms with Crippen LogP contribution in [0.3, 0.4) is 0 Å². The van der Waals surface area contributed by atoms with E-state index in [4.69, 9.17) is 4.74 Å². The highest BCUT2D eigenvalue weighted by atomic mass is 19.1. The maximum Gasteiger partial charge on any atom is 0.246 e. The van der Waals surface area contributed by atoms with Gasteiger partial charge in [0.1, 0.15) is 12.4 Å². The standard InChI is InChI=1S/C14H16FNO2/c1-18-13-5-4-11-6-8-16(10-12(11)9-13)14(17)3-2-7-15/h2-5,9H,6-8,10H2,1H3/b3-2+. The lowest BCUT2D eigenvalue weighted by Gasteiger charge is -2.28. The van der Waals surface area contributed by atoms with E-state index in [1.165, 1.54) is 17.7 Å². The quantitative estimate of drug-likeness (QED) is 0.768. The third kappa shape index (κ3) is 2.70. The van der Waals surface area contributed by atoms with Crippen molar-refractivity contribution < 1.29 is 13.9 Å². The maximum absolute atomic E-state index is 12.0. The number of alkyl halides is 1. The number of nitrogens with zero attached hydrogens (tertiary/aromatic N) is 1. The van der Waals surface area contributed by atoms with Gasteiger partial charge in [-0.2, -0.15) is 0 Å². The Morgan fingerprint density at radius 1 is 1.50 bits per heavy atom. The fourth-order valence-corrected chi connectivity index (χ4v) is 2.10. The third-order valence-electron chi connectivity index (χ3n) is 3.09. The maximum atomic E-state index is 12.0. The monoisotopic (exact) mass is 249 g/mol. The molecule has 0 bridgehead atoms. The van der Waals surface area contributed by atoms with E-state index in [9.17, 15) is 9.18 Å². The molecule has 0 atom stereocenters. The van der Waals surface area contributed by atoms with Crippen LogP contribution in [0.1, 0.15) is 11.1 Å². The number of carbonyl (C=O) groups excluding carboxylic acids is 1. The number of amides is 1. The van der Waals surface area contributed by atoms with E-state index in [0.29, 0.717) is 13.1 Å². The molecule has 0 saturated heterocycles. The van der Waals surface area contributed by atoms with Gasteiger partial charge in [-0.1, -0.05) is 6.07 Å². The second-order valence-corrected chi connectivity index (χ2v) is 4.20. The Bertz CT molecular complexity index is 471. The van der Waals surface area contributed by atoms with Gasteiger partial charge in [0.25, 0.3) is 0 Å². The number of allylic oxidation sites excluding steroid dienone is 1. The Hall–Kier alpha value is -1.84. The summed E-state index contributed by atoms with van der Waals surface area (Å²) >= 11 is 0. The number of fused-ring (bicyclic) bond motifs is 1. The molecule has 0 aliphatic carbocycles. The first-order valence-electron chi connectivity index (χ1n) is 5.92. The van der Waals surface area contributed by atoms with Gasteiger partial charge in [-0.15, -0.1) is 0 Å². The zero-order valence-corrected chi connectivity index (χ0v) is 10.4. The van der Waals surface area contributed by atoms with Crippen LogP contribution in [0.4, 0.5) is 4.39 Å². The number of rotatable bonds is 3. The number of methoxy groups -OCH3 is 1. The molecule has 0 unspecified atom stereocenters. The van der Waals surface area contributed by atoms with Crippen molar-refractivity contribution in [3.63, 3.8) is 0 Å². The second-order valence-electron chi connectivity index (χ2n) is 4.20. The Morgan fingerprint density at radius 3 is 3.06 bits per heavy atom. The molecule has 1 aromatic carbocycles. The number of halogens is 1. The lowest BCUT2D eigenvalue weighted by Crippen LogP contribution is -2.34. The van der Waals surface area contributed by atoms with Crippen molar-refractivity contribution in [3.8, 4) is 5.75 Å². The molecule has 96 valence electrons. The summed E-state index contributed by atoms with van der Waals surface area (Å²) in [5, 5.41) is 0. The average Bonchev–Trinajstić information content (AvgIpc) is 2.43. The molecule has 0 spiro atoms. The number of hydrogen-bond acceptors (Lipinski definition) is 2. The van der Waals surface area contributed by atoms with Crippen LogP contribution in [0.5, 0.6) is 5.75 Å². The Morgan fingerprint density at radius 2 is 2.33 bits per heavy atom. The van der Waals surface area contributed by atoms with Gasteiger partial charge in [0.05, 0.1) is 7.11 Å². The predicted octanol–water partition coefficient (Wildman–Crippen LogP) is 2.11. The molecular weight excluding hydrogens is 233 g/mol. The fraction of sp³-hybridized carbons (Fsp3) is 0.357. The van der Waals surface area contributed by atoms with Crippen LogP contribution in [0, 0.1) is 0 Å². The first kappa shape index (κ1) is 12.6. The van der Waals surface area contributed by atoms with Gasteiger partial charge < -0.3 is 9.64 Å². The van der Waals surface area contributed by atoms with Crippen LogP contribution in [0.15, 0.2) is 30.4 Å². The van der Waals surface area contributed by atoms with Crippen molar-refractivity contribution in [2.75, 3.05) is 20.3 Å². The first-order chi connectivity index (χ1) is 8.74. The van der Waals surface area contributed by atoms with Crippen LogP contribution in [0.25, 0.3) is 0 Å². The summed E-state index contributed by atoms with van der Waals surface area (Å²) in [4.78, 5) is 13.5. The summed E-state index contributed by atoms with van der Waals surface area (Å²) in [6.07, 6.45) is 3.36. The smallest absolute Gasteiger partial charge is 0.246 e. The zero-order chi connectivity index (χ0) is 13.0. The number of carbonyl (C=O) groups is 1. The predicted molar refractivity (Wildman–Crippen MR) is 67.2 cm³/mol. The molecule has 1 amide bonds. The summed E-state index contributed by atoms with van der Waals surface area (Å²) < 4.78 is 17.2. The molecule has 3 nitrogen and oxygen atoms in total. The fourth-order valence-electron chi connectivity index (χ4n) is 2.10. The summed E-state index contributed by atoms with van der Waals surface area (Å²) in [6.45, 7) is 0.626. The van der Waals surface area contributed by atoms with Gasteiger partial charge >= 0.3 is 0 Å². The van der Waals surface area contributed by atoms with E-state index < -0.39 is 6.67 Å². The minimum atomic E-state index is -0.607. The molecule has 1 aliphatic heterocycles. The van der Waals surface area contributed by atoms with Gasteiger partial charge in [-0.25, -0.2) is 4.39 Å². The highest BCUT2D eigenvalue weighted by Crippen LogP contribution is 2.23. The molecule has 1 aromatic rings. The van der Waals surface area contributed by atoms with E-state index in [1.54, 1.807) is 12.0 Å². The van der Waals surface area contributed by atoms with E-state index in [2.05, 4.69) is 0 Å². The molecule has 0 aromatic heterocycles. The lowest BCUT2D eigenvalue weighted by molar-refractivity contribution is -0.126. The van der Waals surface area contributed by atoms with E-state index in [0.717, 1.165) is 17.7 Å². The van der Waals surface area contributed by atoms with E-state index in [1.807, 2.05) is 18.2 Å². The minimum Gasteiger partial charge on any atom is -0.497 e. The van der Waals surface area contributed by atoms with Gasteiger partial charge in [-0.3, -0.25) is 4.79 Å². The highest BCUT2D eigenvalue weighted by Gasteiger charge is 2.19. The van der Waals surface area contributed by atoms with Gasteiger partial charge in [0.15, 0.2) is 0 Å². The summed E-state index contributed by atoms with van der Waals surface area (Å²) in [5.41, 5.74) is 2.34. The van der Waals surface area contributed by atoms with Crippen LogP contribution in [-0.2, 0) is 17.8 Å². The Kier molecular flexibility index (Phi) is 3.97. The van der Waals surface area contributed by atoms with Crippen molar-refractivity contribution in [1.29, 1.82) is 0 Å². The molecule has 0 saturated carbocycles. The molecule has 0 fully saturated rings. The normalized spacial score (nSPS) is 14.7. The van der Waals surface area contributed by atoms with E-state index in [-0.39, 0.29) is 5.91 Å². The summed E-state index contributed by atoms with van der Waals surface area (Å²) in [5.74, 6) is 0.656. The molecule has 0 radical (unpaired) electrons. The van der Waals surface area contributed by atoms with Crippen molar-refractivity contribution in [2.24, 2.45) is 0 Å². The number of hydrogen-bond donors (Lipinski definition) is 0. The Labute approximate surface area is 106 Å². The molecular formula is C14H16FNO2. The third-order valence-corrected chi connectivity index (χ3v) is 3.09. The van der Waals surface area contributed by atoms with Gasteiger partial charge in [0.2, 0.25) is 5.91 Å². The molecule has 4 heteroatoms. The molecule has 1 heterocycles. The number of ether oxygens (including phenoxy) is 1. The van der Waals surface area contributed by atoms with Crippen LogP contribution >= 0.6 is 0 Å². The molecule has 0 N–H and O–H groups in total. The zero-order valence-electron chi connectivity index (χ0n) is 10.4. The van der Waals surface area contributed by atoms with Crippen molar-refractivity contribution >= 4 is 5.91 Å². The van der Waals surface area contributed by atoms with Crippen molar-refractivity contribution in [3.05, 3.63) is 41.5 Å². The first-order valence-corrected chi connectivity index (χ1v) is 5.92. The van der Waals surface area contributed by atoms with Gasteiger partial charge in [-0.05, 0) is 35.8 Å². The van der Waals surface area contributed by atoms with Crippen molar-refractivity contribution in [2.45, 2.75) is 13.0 Å². The second kappa shape index (κ2) is 5.67. The summed E-state index contributed by atoms with van der Waals surface area (Å²) in [7, 11) is 1.62. The van der Waals surface area contributed by atoms with Crippen molar-refractivity contribution in [1.82, 2.24) is 4.90 Å². The van der Waals surface area contributed by atoms with Gasteiger partial charge in [0, 0.05) is 19.2 Å². The number of benzene rings is 1. The Balaban J connectivity index is 2.13. The largest absolute Gasteiger partial charge is 0.497 e. The SMILES string of the molecule is COc1ccc2c(c1)CN(C(=O)/C=C/CF)CC2. The topological polar surface area (TPSA) is 29.5 Å². The van der Waals surface area contributed by atoms with Crippen LogP contribution in [-0.4, -0.2) is 31.1 Å². The van der Waals surface area contributed by atoms with Crippen LogP contribution < -0.4 is 4.74 Å². The lowest BCUT2D eigenvalue weighted by atomic mass is 9.99. The molecule has 18 heavy (non-hydrogen) atoms. The van der Waals surface area contributed by atoms with Crippen LogP contribution in [0.2, 0.25) is 0 Å². The molecule has 1 aliphatic rings.